The van der Waals surface area contributed by atoms with Crippen LogP contribution in [0.4, 0.5) is 0 Å². The summed E-state index contributed by atoms with van der Waals surface area (Å²) in [4.78, 5) is 11.8. The Hall–Kier alpha value is -1.29. The zero-order valence-corrected chi connectivity index (χ0v) is 10.8. The van der Waals surface area contributed by atoms with E-state index in [2.05, 4.69) is 0 Å². The summed E-state index contributed by atoms with van der Waals surface area (Å²) in [6.07, 6.45) is 2.19. The van der Waals surface area contributed by atoms with Gasteiger partial charge in [0.1, 0.15) is 0 Å². The number of aromatic nitrogens is 1. The van der Waals surface area contributed by atoms with Crippen LogP contribution in [0.5, 0.6) is 0 Å². The van der Waals surface area contributed by atoms with Crippen molar-refractivity contribution in [3.05, 3.63) is 22.5 Å². The fraction of sp³-hybridized carbons (Fsp3) is 0.615. The first-order chi connectivity index (χ1) is 7.89. The van der Waals surface area contributed by atoms with Crippen LogP contribution in [0, 0.1) is 13.8 Å². The molecule has 1 aromatic rings. The number of methoxy groups -OCH3 is 1. The molecule has 0 spiro atoms. The van der Waals surface area contributed by atoms with Crippen LogP contribution in [0.2, 0.25) is 0 Å². The number of ether oxygens (including phenoxy) is 1. The number of carbonyl (C=O) groups is 1. The van der Waals surface area contributed by atoms with Crippen molar-refractivity contribution in [2.24, 2.45) is 7.05 Å². The lowest BCUT2D eigenvalue weighted by Crippen LogP contribution is -2.15. The van der Waals surface area contributed by atoms with Crippen molar-refractivity contribution in [2.75, 3.05) is 7.11 Å². The number of nitrogens with zero attached hydrogens (tertiary/aromatic N) is 1. The topological polar surface area (TPSA) is 51.5 Å². The molecule has 1 fully saturated rings. The maximum absolute atomic E-state index is 11.8. The van der Waals surface area contributed by atoms with Gasteiger partial charge in [0.15, 0.2) is 0 Å². The third-order valence-electron chi connectivity index (χ3n) is 3.83. The molecule has 94 valence electrons. The summed E-state index contributed by atoms with van der Waals surface area (Å²) in [6, 6.07) is 0. The van der Waals surface area contributed by atoms with E-state index in [1.807, 2.05) is 25.5 Å². The lowest BCUT2D eigenvalue weighted by Gasteiger charge is -2.09. The Morgan fingerprint density at radius 2 is 2.00 bits per heavy atom. The van der Waals surface area contributed by atoms with E-state index in [1.165, 1.54) is 7.11 Å². The van der Waals surface area contributed by atoms with Crippen LogP contribution in [0.1, 0.15) is 40.2 Å². The van der Waals surface area contributed by atoms with E-state index in [1.54, 1.807) is 0 Å². The van der Waals surface area contributed by atoms with E-state index in [9.17, 15) is 9.90 Å². The van der Waals surface area contributed by atoms with Crippen LogP contribution >= 0.6 is 0 Å². The third kappa shape index (κ3) is 1.97. The van der Waals surface area contributed by atoms with Gasteiger partial charge < -0.3 is 14.4 Å². The van der Waals surface area contributed by atoms with Gasteiger partial charge in [0, 0.05) is 24.9 Å². The van der Waals surface area contributed by atoms with Gasteiger partial charge in [0.25, 0.3) is 0 Å². The Kier molecular flexibility index (Phi) is 2.78. The summed E-state index contributed by atoms with van der Waals surface area (Å²) in [5.41, 5.74) is 2.88. The van der Waals surface area contributed by atoms with Crippen molar-refractivity contribution < 1.29 is 14.6 Å². The number of esters is 1. The average Bonchev–Trinajstić information content (AvgIpc) is 2.99. The van der Waals surface area contributed by atoms with Gasteiger partial charge in [0.2, 0.25) is 0 Å². The van der Waals surface area contributed by atoms with E-state index in [4.69, 9.17) is 4.74 Å². The largest absolute Gasteiger partial charge is 0.465 e. The minimum absolute atomic E-state index is 0.314. The lowest BCUT2D eigenvalue weighted by molar-refractivity contribution is 0.0597. The van der Waals surface area contributed by atoms with Crippen LogP contribution in [-0.4, -0.2) is 28.4 Å². The Morgan fingerprint density at radius 3 is 2.47 bits per heavy atom. The Labute approximate surface area is 101 Å². The number of aliphatic hydroxyl groups is 1. The quantitative estimate of drug-likeness (QED) is 0.810. The predicted octanol–water partition coefficient (Wildman–Crippen LogP) is 1.50. The predicted molar refractivity (Wildman–Crippen MR) is 64.1 cm³/mol. The number of carbonyl (C=O) groups excluding carboxylic acids is 1. The maximum atomic E-state index is 11.8. The molecule has 4 nitrogen and oxygen atoms in total. The fourth-order valence-electron chi connectivity index (χ4n) is 2.26. The second kappa shape index (κ2) is 3.88. The first-order valence-corrected chi connectivity index (χ1v) is 5.85. The van der Waals surface area contributed by atoms with E-state index in [-0.39, 0.29) is 5.97 Å². The highest BCUT2D eigenvalue weighted by Crippen LogP contribution is 2.40. The molecule has 1 aromatic heterocycles. The fourth-order valence-corrected chi connectivity index (χ4v) is 2.26. The van der Waals surface area contributed by atoms with E-state index < -0.39 is 5.60 Å². The zero-order valence-electron chi connectivity index (χ0n) is 10.8. The second-order valence-corrected chi connectivity index (χ2v) is 4.98. The molecule has 2 rings (SSSR count). The molecule has 0 amide bonds. The van der Waals surface area contributed by atoms with Gasteiger partial charge in [-0.05, 0) is 32.3 Å². The second-order valence-electron chi connectivity index (χ2n) is 4.98. The molecule has 1 N–H and O–H groups in total. The molecule has 1 aliphatic rings. The van der Waals surface area contributed by atoms with Gasteiger partial charge in [-0.3, -0.25) is 0 Å². The number of hydrogen-bond acceptors (Lipinski definition) is 3. The molecule has 0 radical (unpaired) electrons. The Morgan fingerprint density at radius 1 is 1.41 bits per heavy atom. The molecule has 17 heavy (non-hydrogen) atoms. The highest BCUT2D eigenvalue weighted by Gasteiger charge is 2.42. The summed E-state index contributed by atoms with van der Waals surface area (Å²) in [5.74, 6) is -0.314. The van der Waals surface area contributed by atoms with Crippen LogP contribution in [0.15, 0.2) is 0 Å². The molecule has 4 heteroatoms. The molecule has 0 atom stereocenters. The molecule has 0 aliphatic heterocycles. The smallest absolute Gasteiger partial charge is 0.339 e. The van der Waals surface area contributed by atoms with E-state index in [0.717, 1.165) is 29.8 Å². The van der Waals surface area contributed by atoms with Crippen molar-refractivity contribution in [2.45, 2.75) is 38.7 Å². The highest BCUT2D eigenvalue weighted by molar-refractivity contribution is 5.93. The molecule has 0 unspecified atom stereocenters. The molecule has 1 heterocycles. The Balaban J connectivity index is 2.47. The van der Waals surface area contributed by atoms with E-state index >= 15 is 0 Å². The maximum Gasteiger partial charge on any atom is 0.339 e. The zero-order chi connectivity index (χ0) is 12.8. The summed E-state index contributed by atoms with van der Waals surface area (Å²) < 4.78 is 6.81. The van der Waals surface area contributed by atoms with Crippen LogP contribution in [0.25, 0.3) is 0 Å². The highest BCUT2D eigenvalue weighted by atomic mass is 16.5. The van der Waals surface area contributed by atoms with Crippen LogP contribution in [0.3, 0.4) is 0 Å². The minimum Gasteiger partial charge on any atom is -0.465 e. The molecule has 0 aromatic carbocycles. The van der Waals surface area contributed by atoms with Crippen LogP contribution < -0.4 is 0 Å². The monoisotopic (exact) mass is 237 g/mol. The van der Waals surface area contributed by atoms with E-state index in [0.29, 0.717) is 12.0 Å². The van der Waals surface area contributed by atoms with Crippen molar-refractivity contribution in [1.29, 1.82) is 0 Å². The standard InChI is InChI=1S/C13H19NO3/c1-8-10(7-13(16)5-6-13)11(12(15)17-4)9(2)14(8)3/h16H,5-7H2,1-4H3. The molecule has 1 saturated carbocycles. The summed E-state index contributed by atoms with van der Waals surface area (Å²) in [6.45, 7) is 3.88. The number of hydrogen-bond donors (Lipinski definition) is 1. The molecule has 0 saturated heterocycles. The first-order valence-electron chi connectivity index (χ1n) is 5.85. The van der Waals surface area contributed by atoms with Crippen molar-refractivity contribution in [3.63, 3.8) is 0 Å². The van der Waals surface area contributed by atoms with Crippen molar-refractivity contribution in [3.8, 4) is 0 Å². The SMILES string of the molecule is COC(=O)c1c(CC2(O)CC2)c(C)n(C)c1C. The lowest BCUT2D eigenvalue weighted by atomic mass is 10.0. The molecule has 0 bridgehead atoms. The van der Waals surface area contributed by atoms with Crippen LogP contribution in [-0.2, 0) is 18.2 Å². The van der Waals surface area contributed by atoms with Gasteiger partial charge in [-0.2, -0.15) is 0 Å². The Bertz CT molecular complexity index is 469. The molecular weight excluding hydrogens is 218 g/mol. The normalized spacial score (nSPS) is 17.0. The third-order valence-corrected chi connectivity index (χ3v) is 3.83. The minimum atomic E-state index is -0.596. The van der Waals surface area contributed by atoms with Gasteiger partial charge in [-0.15, -0.1) is 0 Å². The summed E-state index contributed by atoms with van der Waals surface area (Å²) >= 11 is 0. The molecular formula is C13H19NO3. The number of rotatable bonds is 3. The van der Waals surface area contributed by atoms with Crippen molar-refractivity contribution >= 4 is 5.97 Å². The summed E-state index contributed by atoms with van der Waals surface area (Å²) in [7, 11) is 3.32. The van der Waals surface area contributed by atoms with Crippen molar-refractivity contribution in [1.82, 2.24) is 4.57 Å². The van der Waals surface area contributed by atoms with Gasteiger partial charge in [-0.25, -0.2) is 4.79 Å². The van der Waals surface area contributed by atoms with Gasteiger partial charge in [0.05, 0.1) is 18.3 Å². The molecule has 1 aliphatic carbocycles. The van der Waals surface area contributed by atoms with Gasteiger partial charge in [-0.1, -0.05) is 0 Å². The first kappa shape index (κ1) is 12.2. The summed E-state index contributed by atoms with van der Waals surface area (Å²) in [5, 5.41) is 10.0. The van der Waals surface area contributed by atoms with Gasteiger partial charge >= 0.3 is 5.97 Å². The average molecular weight is 237 g/mol.